The summed E-state index contributed by atoms with van der Waals surface area (Å²) < 4.78 is 0. The molecule has 3 heteroatoms. The summed E-state index contributed by atoms with van der Waals surface area (Å²) in [7, 11) is 0. The van der Waals surface area contributed by atoms with Crippen LogP contribution in [0.1, 0.15) is 59.3 Å². The van der Waals surface area contributed by atoms with Gasteiger partial charge in [0.15, 0.2) is 0 Å². The first-order valence-electron chi connectivity index (χ1n) is 8.15. The van der Waals surface area contributed by atoms with E-state index in [1.165, 1.54) is 25.7 Å². The lowest BCUT2D eigenvalue weighted by Crippen LogP contribution is -2.49. The van der Waals surface area contributed by atoms with Gasteiger partial charge < -0.3 is 10.8 Å². The first kappa shape index (κ1) is 16.9. The molecule has 1 fully saturated rings. The van der Waals surface area contributed by atoms with E-state index in [1.54, 1.807) is 0 Å². The van der Waals surface area contributed by atoms with Gasteiger partial charge in [0.1, 0.15) is 0 Å². The molecule has 0 radical (unpaired) electrons. The van der Waals surface area contributed by atoms with Crippen molar-refractivity contribution in [3.63, 3.8) is 0 Å². The highest BCUT2D eigenvalue weighted by atomic mass is 16.3. The molecule has 1 aliphatic carbocycles. The number of rotatable bonds is 8. The number of aliphatic hydroxyl groups is 1. The maximum Gasteiger partial charge on any atom is 0.0558 e. The van der Waals surface area contributed by atoms with Gasteiger partial charge in [-0.2, -0.15) is 0 Å². The van der Waals surface area contributed by atoms with Crippen molar-refractivity contribution in [1.29, 1.82) is 0 Å². The molecule has 0 amide bonds. The lowest BCUT2D eigenvalue weighted by atomic mass is 9.69. The second-order valence-electron chi connectivity index (χ2n) is 6.57. The van der Waals surface area contributed by atoms with Crippen LogP contribution in [0.3, 0.4) is 0 Å². The van der Waals surface area contributed by atoms with Gasteiger partial charge in [0, 0.05) is 19.1 Å². The summed E-state index contributed by atoms with van der Waals surface area (Å²) in [5.74, 6) is 0.801. The van der Waals surface area contributed by atoms with Crippen molar-refractivity contribution in [3.05, 3.63) is 0 Å². The molecule has 0 bridgehead atoms. The zero-order valence-corrected chi connectivity index (χ0v) is 13.2. The zero-order chi connectivity index (χ0) is 14.3. The summed E-state index contributed by atoms with van der Waals surface area (Å²) in [4.78, 5) is 2.49. The monoisotopic (exact) mass is 270 g/mol. The molecule has 0 aromatic heterocycles. The van der Waals surface area contributed by atoms with Crippen molar-refractivity contribution in [2.75, 3.05) is 26.2 Å². The van der Waals surface area contributed by atoms with Crippen LogP contribution in [0, 0.1) is 11.3 Å². The van der Waals surface area contributed by atoms with Crippen LogP contribution < -0.4 is 5.73 Å². The standard InChI is InChI=1S/C16H34N2O/c1-4-15(5-2)18(9-10-19)13-16(12-17)8-6-7-14(3)11-16/h14-15,19H,4-13,17H2,1-3H3. The predicted molar refractivity (Wildman–Crippen MR) is 82.1 cm³/mol. The minimum Gasteiger partial charge on any atom is -0.395 e. The van der Waals surface area contributed by atoms with Crippen LogP contribution in [0.25, 0.3) is 0 Å². The van der Waals surface area contributed by atoms with E-state index in [1.807, 2.05) is 0 Å². The van der Waals surface area contributed by atoms with E-state index in [0.29, 0.717) is 6.04 Å². The molecule has 1 aliphatic rings. The number of nitrogens with zero attached hydrogens (tertiary/aromatic N) is 1. The highest BCUT2D eigenvalue weighted by Gasteiger charge is 2.36. The summed E-state index contributed by atoms with van der Waals surface area (Å²) in [6.45, 7) is 9.76. The van der Waals surface area contributed by atoms with Crippen molar-refractivity contribution in [2.24, 2.45) is 17.1 Å². The Labute approximate surface area is 119 Å². The number of hydrogen-bond donors (Lipinski definition) is 2. The Balaban J connectivity index is 2.73. The quantitative estimate of drug-likeness (QED) is 0.713. The molecule has 0 spiro atoms. The molecule has 3 N–H and O–H groups in total. The molecule has 0 saturated heterocycles. The van der Waals surface area contributed by atoms with E-state index < -0.39 is 0 Å². The first-order valence-corrected chi connectivity index (χ1v) is 8.15. The fraction of sp³-hybridized carbons (Fsp3) is 1.00. The summed E-state index contributed by atoms with van der Waals surface area (Å²) in [6, 6.07) is 0.591. The molecule has 0 aromatic carbocycles. The molecule has 1 saturated carbocycles. The fourth-order valence-corrected chi connectivity index (χ4v) is 3.92. The minimum absolute atomic E-state index is 0.257. The summed E-state index contributed by atoms with van der Waals surface area (Å²) >= 11 is 0. The Hall–Kier alpha value is -0.120. The normalized spacial score (nSPS) is 28.3. The maximum absolute atomic E-state index is 9.34. The molecule has 3 nitrogen and oxygen atoms in total. The molecule has 19 heavy (non-hydrogen) atoms. The molecule has 2 unspecified atom stereocenters. The van der Waals surface area contributed by atoms with Crippen LogP contribution in [0.5, 0.6) is 0 Å². The van der Waals surface area contributed by atoms with Gasteiger partial charge in [-0.25, -0.2) is 0 Å². The van der Waals surface area contributed by atoms with Gasteiger partial charge in [-0.15, -0.1) is 0 Å². The second kappa shape index (κ2) is 8.23. The lowest BCUT2D eigenvalue weighted by molar-refractivity contribution is 0.0501. The molecular formula is C16H34N2O. The first-order chi connectivity index (χ1) is 9.10. The summed E-state index contributed by atoms with van der Waals surface area (Å²) in [5.41, 5.74) is 6.43. The average molecular weight is 270 g/mol. The smallest absolute Gasteiger partial charge is 0.0558 e. The van der Waals surface area contributed by atoms with E-state index in [-0.39, 0.29) is 12.0 Å². The molecule has 0 heterocycles. The van der Waals surface area contributed by atoms with Crippen LogP contribution in [-0.2, 0) is 0 Å². The number of hydrogen-bond acceptors (Lipinski definition) is 3. The fourth-order valence-electron chi connectivity index (χ4n) is 3.92. The summed E-state index contributed by atoms with van der Waals surface area (Å²) in [5, 5.41) is 9.34. The molecule has 0 aromatic rings. The van der Waals surface area contributed by atoms with E-state index in [4.69, 9.17) is 5.73 Å². The predicted octanol–water partition coefficient (Wildman–Crippen LogP) is 2.62. The molecule has 1 rings (SSSR count). The Morgan fingerprint density at radius 1 is 1.37 bits per heavy atom. The van der Waals surface area contributed by atoms with Gasteiger partial charge in [0.25, 0.3) is 0 Å². The van der Waals surface area contributed by atoms with Crippen LogP contribution in [0.15, 0.2) is 0 Å². The van der Waals surface area contributed by atoms with Gasteiger partial charge in [-0.3, -0.25) is 4.90 Å². The topological polar surface area (TPSA) is 49.5 Å². The van der Waals surface area contributed by atoms with Crippen LogP contribution in [-0.4, -0.2) is 42.3 Å². The van der Waals surface area contributed by atoms with Gasteiger partial charge in [-0.05, 0) is 43.6 Å². The number of aliphatic hydroxyl groups excluding tert-OH is 1. The Morgan fingerprint density at radius 3 is 2.53 bits per heavy atom. The van der Waals surface area contributed by atoms with Crippen molar-refractivity contribution < 1.29 is 5.11 Å². The van der Waals surface area contributed by atoms with E-state index in [0.717, 1.165) is 38.4 Å². The third-order valence-electron chi connectivity index (χ3n) is 5.00. The van der Waals surface area contributed by atoms with Crippen LogP contribution in [0.2, 0.25) is 0 Å². The Morgan fingerprint density at radius 2 is 2.05 bits per heavy atom. The molecular weight excluding hydrogens is 236 g/mol. The largest absolute Gasteiger partial charge is 0.395 e. The summed E-state index contributed by atoms with van der Waals surface area (Å²) in [6.07, 6.45) is 7.50. The third-order valence-corrected chi connectivity index (χ3v) is 5.00. The van der Waals surface area contributed by atoms with Crippen molar-refractivity contribution in [2.45, 2.75) is 65.3 Å². The van der Waals surface area contributed by atoms with Gasteiger partial charge >= 0.3 is 0 Å². The molecule has 2 atom stereocenters. The highest BCUT2D eigenvalue weighted by Crippen LogP contribution is 2.39. The zero-order valence-electron chi connectivity index (χ0n) is 13.2. The van der Waals surface area contributed by atoms with Gasteiger partial charge in [0.05, 0.1) is 6.61 Å². The minimum atomic E-state index is 0.257. The number of nitrogens with two attached hydrogens (primary N) is 1. The van der Waals surface area contributed by atoms with Gasteiger partial charge in [-0.1, -0.05) is 33.6 Å². The highest BCUT2D eigenvalue weighted by molar-refractivity contribution is 4.90. The van der Waals surface area contributed by atoms with E-state index in [9.17, 15) is 5.11 Å². The van der Waals surface area contributed by atoms with Crippen molar-refractivity contribution >= 4 is 0 Å². The van der Waals surface area contributed by atoms with Crippen molar-refractivity contribution in [3.8, 4) is 0 Å². The van der Waals surface area contributed by atoms with E-state index in [2.05, 4.69) is 25.7 Å². The van der Waals surface area contributed by atoms with Crippen molar-refractivity contribution in [1.82, 2.24) is 4.90 Å². The van der Waals surface area contributed by atoms with Crippen LogP contribution in [0.4, 0.5) is 0 Å². The second-order valence-corrected chi connectivity index (χ2v) is 6.57. The SMILES string of the molecule is CCC(CC)N(CCO)CC1(CN)CCCC(C)C1. The molecule has 0 aliphatic heterocycles. The maximum atomic E-state index is 9.34. The lowest BCUT2D eigenvalue weighted by Gasteiger charge is -2.44. The average Bonchev–Trinajstić information content (AvgIpc) is 2.40. The molecule has 114 valence electrons. The Bertz CT molecular complexity index is 243. The van der Waals surface area contributed by atoms with E-state index >= 15 is 0 Å². The Kier molecular flexibility index (Phi) is 7.33. The van der Waals surface area contributed by atoms with Gasteiger partial charge in [0.2, 0.25) is 0 Å². The van der Waals surface area contributed by atoms with Crippen LogP contribution >= 0.6 is 0 Å². The third kappa shape index (κ3) is 4.73.